The van der Waals surface area contributed by atoms with E-state index in [1.807, 2.05) is 0 Å². The van der Waals surface area contributed by atoms with Gasteiger partial charge in [-0.3, -0.25) is 0 Å². The van der Waals surface area contributed by atoms with Crippen molar-refractivity contribution < 1.29 is 0 Å². The zero-order valence-corrected chi connectivity index (χ0v) is 11.5. The monoisotopic (exact) mass is 247 g/mol. The molecule has 1 saturated heterocycles. The molecule has 1 N–H and O–H groups in total. The Morgan fingerprint density at radius 3 is 2.53 bits per heavy atom. The van der Waals surface area contributed by atoms with Gasteiger partial charge < -0.3 is 5.32 Å². The number of thioether (sulfide) groups is 1. The van der Waals surface area contributed by atoms with Gasteiger partial charge in [-0.25, -0.2) is 0 Å². The molecule has 1 saturated carbocycles. The summed E-state index contributed by atoms with van der Waals surface area (Å²) in [7, 11) is 0. The van der Waals surface area contributed by atoms with Crippen LogP contribution < -0.4 is 5.32 Å². The Kier molecular flexibility index (Phi) is 2.86. The van der Waals surface area contributed by atoms with E-state index in [1.165, 1.54) is 35.6 Å². The fourth-order valence-corrected chi connectivity index (χ4v) is 4.32. The molecule has 1 aromatic rings. The molecule has 0 atom stereocenters. The Morgan fingerprint density at radius 2 is 1.94 bits per heavy atom. The van der Waals surface area contributed by atoms with E-state index in [9.17, 15) is 0 Å². The average Bonchev–Trinajstić information content (AvgIpc) is 2.20. The molecule has 0 unspecified atom stereocenters. The molecule has 0 bridgehead atoms. The van der Waals surface area contributed by atoms with Gasteiger partial charge in [0.1, 0.15) is 0 Å². The number of nitrogens with one attached hydrogen (secondary N) is 1. The second-order valence-corrected chi connectivity index (χ2v) is 6.97. The maximum Gasteiger partial charge on any atom is 0.0377 e. The molecule has 2 fully saturated rings. The highest BCUT2D eigenvalue weighted by Gasteiger charge is 2.48. The first-order valence-electron chi connectivity index (χ1n) is 6.62. The Bertz CT molecular complexity index is 401. The number of hydrogen-bond donors (Lipinski definition) is 1. The minimum atomic E-state index is 0.604. The quantitative estimate of drug-likeness (QED) is 0.862. The van der Waals surface area contributed by atoms with Gasteiger partial charge in [-0.15, -0.1) is 0 Å². The summed E-state index contributed by atoms with van der Waals surface area (Å²) in [6.45, 7) is 4.54. The Hall–Kier alpha value is -0.630. The van der Waals surface area contributed by atoms with Crippen molar-refractivity contribution in [2.75, 3.05) is 16.8 Å². The van der Waals surface area contributed by atoms with Gasteiger partial charge in [-0.2, -0.15) is 11.8 Å². The van der Waals surface area contributed by atoms with Crippen molar-refractivity contribution in [3.05, 3.63) is 29.8 Å². The normalized spacial score (nSPS) is 22.3. The molecular weight excluding hydrogens is 226 g/mol. The van der Waals surface area contributed by atoms with Gasteiger partial charge in [0.15, 0.2) is 0 Å². The summed E-state index contributed by atoms with van der Waals surface area (Å²) in [4.78, 5) is 0. The number of hydrogen-bond acceptors (Lipinski definition) is 2. The number of rotatable bonds is 3. The van der Waals surface area contributed by atoms with Crippen LogP contribution in [0, 0.1) is 5.41 Å². The molecule has 0 aromatic heterocycles. The van der Waals surface area contributed by atoms with Crippen LogP contribution in [0.2, 0.25) is 0 Å². The maximum atomic E-state index is 3.74. The minimum Gasteiger partial charge on any atom is -0.382 e. The fraction of sp³-hybridized carbons (Fsp3) is 0.600. The molecule has 1 nitrogen and oxygen atoms in total. The topological polar surface area (TPSA) is 12.0 Å². The molecule has 0 amide bonds. The van der Waals surface area contributed by atoms with Crippen molar-refractivity contribution in [3.63, 3.8) is 0 Å². The first kappa shape index (κ1) is 11.5. The van der Waals surface area contributed by atoms with Gasteiger partial charge in [0.2, 0.25) is 0 Å². The third-order valence-corrected chi connectivity index (χ3v) is 5.75. The van der Waals surface area contributed by atoms with Crippen molar-refractivity contribution in [2.45, 2.75) is 38.6 Å². The van der Waals surface area contributed by atoms with Crippen LogP contribution in [0.1, 0.15) is 38.2 Å². The summed E-state index contributed by atoms with van der Waals surface area (Å²) in [6.07, 6.45) is 2.76. The van der Waals surface area contributed by atoms with E-state index in [4.69, 9.17) is 0 Å². The first-order valence-corrected chi connectivity index (χ1v) is 7.77. The van der Waals surface area contributed by atoms with Crippen LogP contribution in [-0.4, -0.2) is 17.5 Å². The third kappa shape index (κ3) is 2.08. The molecule has 1 heterocycles. The van der Waals surface area contributed by atoms with Crippen LogP contribution >= 0.6 is 11.8 Å². The lowest BCUT2D eigenvalue weighted by molar-refractivity contribution is 0.165. The van der Waals surface area contributed by atoms with Gasteiger partial charge in [0, 0.05) is 11.7 Å². The molecule has 1 aromatic carbocycles. The highest BCUT2D eigenvalue weighted by molar-refractivity contribution is 8.00. The van der Waals surface area contributed by atoms with Gasteiger partial charge >= 0.3 is 0 Å². The number of para-hydroxylation sites is 1. The largest absolute Gasteiger partial charge is 0.382 e. The maximum absolute atomic E-state index is 3.74. The van der Waals surface area contributed by atoms with Crippen LogP contribution in [0.4, 0.5) is 5.69 Å². The molecule has 17 heavy (non-hydrogen) atoms. The molecular formula is C15H21NS. The van der Waals surface area contributed by atoms with Crippen LogP contribution in [0.5, 0.6) is 0 Å². The highest BCUT2D eigenvalue weighted by atomic mass is 32.2. The molecule has 2 aliphatic rings. The van der Waals surface area contributed by atoms with Gasteiger partial charge in [0.25, 0.3) is 0 Å². The number of anilines is 1. The zero-order valence-electron chi connectivity index (χ0n) is 10.7. The molecule has 2 heteroatoms. The Balaban J connectivity index is 1.65. The Labute approximate surface area is 108 Å². The highest BCUT2D eigenvalue weighted by Crippen LogP contribution is 2.53. The summed E-state index contributed by atoms with van der Waals surface area (Å²) >= 11 is 2.11. The first-order chi connectivity index (χ1) is 8.19. The average molecular weight is 247 g/mol. The zero-order chi connectivity index (χ0) is 11.9. The summed E-state index contributed by atoms with van der Waals surface area (Å²) in [5.41, 5.74) is 3.54. The predicted molar refractivity (Wildman–Crippen MR) is 76.9 cm³/mol. The molecule has 0 radical (unpaired) electrons. The van der Waals surface area contributed by atoms with Crippen LogP contribution in [0.15, 0.2) is 24.3 Å². The number of benzene rings is 1. The Morgan fingerprint density at radius 1 is 1.24 bits per heavy atom. The predicted octanol–water partition coefficient (Wildman–Crippen LogP) is 4.12. The van der Waals surface area contributed by atoms with Crippen LogP contribution in [-0.2, 0) is 0 Å². The van der Waals surface area contributed by atoms with E-state index in [0.29, 0.717) is 5.92 Å². The van der Waals surface area contributed by atoms with Crippen LogP contribution in [0.3, 0.4) is 0 Å². The van der Waals surface area contributed by atoms with Crippen molar-refractivity contribution in [1.29, 1.82) is 0 Å². The minimum absolute atomic E-state index is 0.604. The molecule has 3 rings (SSSR count). The van der Waals surface area contributed by atoms with Crippen molar-refractivity contribution in [2.24, 2.45) is 5.41 Å². The van der Waals surface area contributed by atoms with E-state index < -0.39 is 0 Å². The van der Waals surface area contributed by atoms with E-state index >= 15 is 0 Å². The summed E-state index contributed by atoms with van der Waals surface area (Å²) in [6, 6.07) is 9.49. The third-order valence-electron chi connectivity index (χ3n) is 4.12. The van der Waals surface area contributed by atoms with E-state index in [1.54, 1.807) is 0 Å². The lowest BCUT2D eigenvalue weighted by Crippen LogP contribution is -2.52. The van der Waals surface area contributed by atoms with Gasteiger partial charge in [-0.1, -0.05) is 32.0 Å². The van der Waals surface area contributed by atoms with E-state index in [-0.39, 0.29) is 0 Å². The lowest BCUT2D eigenvalue weighted by Gasteiger charge is -2.54. The van der Waals surface area contributed by atoms with Crippen molar-refractivity contribution in [1.82, 2.24) is 0 Å². The van der Waals surface area contributed by atoms with Gasteiger partial charge in [0.05, 0.1) is 0 Å². The molecule has 1 aliphatic carbocycles. The smallest absolute Gasteiger partial charge is 0.0377 e. The van der Waals surface area contributed by atoms with Crippen molar-refractivity contribution >= 4 is 17.4 Å². The summed E-state index contributed by atoms with van der Waals surface area (Å²) in [5.74, 6) is 3.40. The second kappa shape index (κ2) is 4.24. The second-order valence-electron chi connectivity index (χ2n) is 5.98. The van der Waals surface area contributed by atoms with Crippen molar-refractivity contribution in [3.8, 4) is 0 Å². The molecule has 92 valence electrons. The van der Waals surface area contributed by atoms with Gasteiger partial charge in [-0.05, 0) is 47.3 Å². The van der Waals surface area contributed by atoms with E-state index in [2.05, 4.69) is 55.2 Å². The summed E-state index contributed by atoms with van der Waals surface area (Å²) < 4.78 is 0. The van der Waals surface area contributed by atoms with E-state index in [0.717, 1.165) is 11.5 Å². The van der Waals surface area contributed by atoms with Crippen LogP contribution in [0.25, 0.3) is 0 Å². The summed E-state index contributed by atoms with van der Waals surface area (Å²) in [5, 5.41) is 3.74. The lowest BCUT2D eigenvalue weighted by atomic mass is 9.67. The fourth-order valence-electron chi connectivity index (χ4n) is 3.07. The molecule has 1 spiro atoms. The molecule has 1 aliphatic heterocycles. The SMILES string of the molecule is CC(C)c1ccccc1NC1CC2(CSC2)C1. The standard InChI is InChI=1S/C15H21NS/c1-11(2)13-5-3-4-6-14(13)16-12-7-15(8-12)9-17-10-15/h3-6,11-12,16H,7-10H2,1-2H3.